The highest BCUT2D eigenvalue weighted by molar-refractivity contribution is 9.08. The molecule has 2 amide bonds. The number of nitrogens with one attached hydrogen (secondary N) is 5. The number of amides is 2. The third-order valence-corrected chi connectivity index (χ3v) is 8.70. The molecule has 0 fully saturated rings. The Morgan fingerprint density at radius 2 is 1.50 bits per heavy atom. The predicted molar refractivity (Wildman–Crippen MR) is 217 cm³/mol. The van der Waals surface area contributed by atoms with E-state index in [1.165, 1.54) is 17.9 Å². The second-order valence-corrected chi connectivity index (χ2v) is 13.2. The third-order valence-electron chi connectivity index (χ3n) is 8.10. The highest BCUT2D eigenvalue weighted by atomic mass is 79.9. The summed E-state index contributed by atoms with van der Waals surface area (Å²) >= 11 is 3.35. The molecule has 0 aliphatic heterocycles. The number of rotatable bonds is 15. The number of hydrogen-bond acceptors (Lipinski definition) is 10. The standard InChI is InChI=1S/C29H38N8O4.C9H11BrN2O/c1-6-17(4)36-28(39)21-9-20(10-22(30)11-21)23-14-34-27(35-16(2)3)29(40)37(23)15-25(38)33-13-19-8-7-18(26(31)32)12-24(19)41-5;1-13-8-4-6(9(11)12)2-3-7(8)5-10/h7-12,14,16-17H,6,13,15,30H2,1-5H3,(H3,31,32)(H,33,38)(H,34,35)(H,36,39);2-4H,5H2,1H3,(H3,11,12)/t17-;/m1./s1. The predicted octanol–water partition coefficient (Wildman–Crippen LogP) is 4.32. The fourth-order valence-electron chi connectivity index (χ4n) is 5.06. The van der Waals surface area contributed by atoms with Crippen LogP contribution in [0.25, 0.3) is 11.3 Å². The normalized spacial score (nSPS) is 11.1. The van der Waals surface area contributed by atoms with Crippen LogP contribution in [0.5, 0.6) is 11.5 Å². The molecule has 0 radical (unpaired) electrons. The molecule has 1 aromatic heterocycles. The van der Waals surface area contributed by atoms with E-state index in [4.69, 9.17) is 37.5 Å². The molecule has 16 heteroatoms. The number of methoxy groups -OCH3 is 2. The minimum absolute atomic E-state index is 0.0328. The van der Waals surface area contributed by atoms with Crippen molar-refractivity contribution < 1.29 is 19.1 Å². The van der Waals surface area contributed by atoms with Crippen LogP contribution in [0.3, 0.4) is 0 Å². The van der Waals surface area contributed by atoms with Crippen LogP contribution in [0.4, 0.5) is 11.5 Å². The van der Waals surface area contributed by atoms with Gasteiger partial charge in [-0.2, -0.15) is 0 Å². The van der Waals surface area contributed by atoms with Gasteiger partial charge in [-0.1, -0.05) is 47.1 Å². The molecule has 0 bridgehead atoms. The number of carbonyl (C=O) groups excluding carboxylic acids is 2. The first kappa shape index (κ1) is 42.5. The Morgan fingerprint density at radius 1 is 0.907 bits per heavy atom. The lowest BCUT2D eigenvalue weighted by Gasteiger charge is -2.18. The minimum Gasteiger partial charge on any atom is -0.496 e. The maximum atomic E-state index is 13.5. The summed E-state index contributed by atoms with van der Waals surface area (Å²) in [6.45, 7) is 7.41. The number of ether oxygens (including phenoxy) is 2. The minimum atomic E-state index is -0.497. The first-order valence-electron chi connectivity index (χ1n) is 17.1. The Kier molecular flexibility index (Phi) is 15.6. The Hall–Kier alpha value is -5.90. The molecule has 0 spiro atoms. The van der Waals surface area contributed by atoms with Gasteiger partial charge in [0.25, 0.3) is 11.5 Å². The molecule has 0 saturated heterocycles. The van der Waals surface area contributed by atoms with Crippen molar-refractivity contribution in [3.8, 4) is 22.8 Å². The van der Waals surface area contributed by atoms with Gasteiger partial charge < -0.3 is 42.6 Å². The molecule has 0 saturated carbocycles. The van der Waals surface area contributed by atoms with Crippen LogP contribution in [-0.2, 0) is 23.2 Å². The molecular weight excluding hydrogens is 756 g/mol. The van der Waals surface area contributed by atoms with E-state index in [9.17, 15) is 14.4 Å². The van der Waals surface area contributed by atoms with E-state index in [2.05, 4.69) is 36.9 Å². The first-order valence-corrected chi connectivity index (χ1v) is 18.2. The van der Waals surface area contributed by atoms with Gasteiger partial charge >= 0.3 is 0 Å². The van der Waals surface area contributed by atoms with Crippen LogP contribution in [0.15, 0.2) is 65.6 Å². The van der Waals surface area contributed by atoms with Crippen LogP contribution in [0, 0.1) is 10.8 Å². The zero-order chi connectivity index (χ0) is 40.1. The summed E-state index contributed by atoms with van der Waals surface area (Å²) in [5, 5.41) is 24.3. The van der Waals surface area contributed by atoms with Crippen LogP contribution in [0.2, 0.25) is 0 Å². The maximum Gasteiger partial charge on any atom is 0.294 e. The summed E-state index contributed by atoms with van der Waals surface area (Å²) < 4.78 is 11.8. The number of aromatic nitrogens is 2. The molecule has 15 nitrogen and oxygen atoms in total. The first-order chi connectivity index (χ1) is 25.6. The summed E-state index contributed by atoms with van der Waals surface area (Å²) in [5.74, 6) is 0.532. The Labute approximate surface area is 323 Å². The molecule has 4 aromatic rings. The van der Waals surface area contributed by atoms with E-state index < -0.39 is 11.5 Å². The van der Waals surface area contributed by atoms with Crippen molar-refractivity contribution in [1.82, 2.24) is 20.2 Å². The molecular formula is C38H49BrN10O5. The summed E-state index contributed by atoms with van der Waals surface area (Å²) in [7, 11) is 3.09. The van der Waals surface area contributed by atoms with Gasteiger partial charge in [0, 0.05) is 63.0 Å². The number of amidine groups is 2. The monoisotopic (exact) mass is 804 g/mol. The van der Waals surface area contributed by atoms with Gasteiger partial charge in [0.2, 0.25) is 5.91 Å². The lowest BCUT2D eigenvalue weighted by atomic mass is 10.1. The van der Waals surface area contributed by atoms with E-state index in [0.29, 0.717) is 44.9 Å². The van der Waals surface area contributed by atoms with Gasteiger partial charge in [-0.05, 0) is 57.5 Å². The van der Waals surface area contributed by atoms with E-state index in [1.54, 1.807) is 55.6 Å². The molecule has 1 atom stereocenters. The van der Waals surface area contributed by atoms with Crippen molar-refractivity contribution in [1.29, 1.82) is 10.8 Å². The topological polar surface area (TPSA) is 249 Å². The van der Waals surface area contributed by atoms with Gasteiger partial charge in [-0.15, -0.1) is 0 Å². The third kappa shape index (κ3) is 11.6. The molecule has 1 heterocycles. The van der Waals surface area contributed by atoms with Gasteiger partial charge in [-0.3, -0.25) is 29.8 Å². The van der Waals surface area contributed by atoms with Crippen LogP contribution in [0.1, 0.15) is 66.7 Å². The molecule has 0 unspecified atom stereocenters. The largest absolute Gasteiger partial charge is 0.496 e. The van der Waals surface area contributed by atoms with Crippen LogP contribution in [-0.4, -0.2) is 59.3 Å². The second kappa shape index (κ2) is 19.8. The highest BCUT2D eigenvalue weighted by Gasteiger charge is 2.19. The van der Waals surface area contributed by atoms with E-state index in [1.807, 2.05) is 33.8 Å². The highest BCUT2D eigenvalue weighted by Crippen LogP contribution is 2.25. The van der Waals surface area contributed by atoms with E-state index >= 15 is 0 Å². The summed E-state index contributed by atoms with van der Waals surface area (Å²) in [6, 6.07) is 15.2. The number of nitrogens with zero attached hydrogens (tertiary/aromatic N) is 2. The van der Waals surface area contributed by atoms with Gasteiger partial charge in [-0.25, -0.2) is 4.98 Å². The van der Waals surface area contributed by atoms with Crippen molar-refractivity contribution in [2.45, 2.75) is 64.6 Å². The molecule has 54 heavy (non-hydrogen) atoms. The van der Waals surface area contributed by atoms with Gasteiger partial charge in [0.05, 0.1) is 26.1 Å². The van der Waals surface area contributed by atoms with Crippen molar-refractivity contribution >= 4 is 50.9 Å². The van der Waals surface area contributed by atoms with Gasteiger partial charge in [0.15, 0.2) is 5.82 Å². The summed E-state index contributed by atoms with van der Waals surface area (Å²) in [4.78, 5) is 43.8. The van der Waals surface area contributed by atoms with Crippen molar-refractivity contribution in [2.24, 2.45) is 11.5 Å². The average molecular weight is 806 g/mol. The Morgan fingerprint density at radius 3 is 2.04 bits per heavy atom. The number of carbonyl (C=O) groups is 2. The average Bonchev–Trinajstić information content (AvgIpc) is 3.14. The number of alkyl halides is 1. The summed E-state index contributed by atoms with van der Waals surface area (Å²) in [6.07, 6.45) is 2.24. The zero-order valence-corrected chi connectivity index (χ0v) is 32.9. The smallest absolute Gasteiger partial charge is 0.294 e. The van der Waals surface area contributed by atoms with Crippen molar-refractivity contribution in [3.63, 3.8) is 0 Å². The molecule has 0 aliphatic carbocycles. The number of benzene rings is 3. The Bertz CT molecular complexity index is 2050. The van der Waals surface area contributed by atoms with Crippen LogP contribution >= 0.6 is 15.9 Å². The molecule has 11 N–H and O–H groups in total. The molecule has 4 rings (SSSR count). The fourth-order valence-corrected chi connectivity index (χ4v) is 5.52. The number of halogens is 1. The quantitative estimate of drug-likeness (QED) is 0.0366. The number of nitrogens with two attached hydrogens (primary N) is 3. The van der Waals surface area contributed by atoms with Crippen molar-refractivity contribution in [2.75, 3.05) is 25.3 Å². The van der Waals surface area contributed by atoms with Crippen molar-refractivity contribution in [3.05, 3.63) is 99.0 Å². The fraction of sp³-hybridized carbons (Fsp3) is 0.316. The molecule has 288 valence electrons. The van der Waals surface area contributed by atoms with E-state index in [-0.39, 0.29) is 48.6 Å². The zero-order valence-electron chi connectivity index (χ0n) is 31.3. The Balaban J connectivity index is 0.000000507. The maximum absolute atomic E-state index is 13.5. The lowest BCUT2D eigenvalue weighted by Crippen LogP contribution is -2.35. The molecule has 0 aliphatic rings. The number of anilines is 2. The lowest BCUT2D eigenvalue weighted by molar-refractivity contribution is -0.121. The number of nitrogen functional groups attached to an aromatic ring is 3. The van der Waals surface area contributed by atoms with Crippen LogP contribution < -0.4 is 48.2 Å². The van der Waals surface area contributed by atoms with Gasteiger partial charge in [0.1, 0.15) is 29.7 Å². The SMILES string of the molecule is CC[C@@H](C)NC(=O)c1cc(N)cc(-c2cnc(NC(C)C)c(=O)n2CC(=O)NCc2ccc(C(=N)N)cc2OC)c1.COc1cc(C(=N)N)ccc1CBr. The molecule has 3 aromatic carbocycles. The second-order valence-electron chi connectivity index (χ2n) is 12.6. The van der Waals surface area contributed by atoms with E-state index in [0.717, 1.165) is 23.1 Å². The number of hydrogen-bond donors (Lipinski definition) is 8. The summed E-state index contributed by atoms with van der Waals surface area (Å²) in [5.41, 5.74) is 20.9.